The average molecular weight is 356 g/mol. The molecule has 25 heavy (non-hydrogen) atoms. The molecule has 1 amide bonds. The Bertz CT molecular complexity index is 823. The Morgan fingerprint density at radius 2 is 2.12 bits per heavy atom. The molecule has 1 N–H and O–H groups in total. The van der Waals surface area contributed by atoms with Gasteiger partial charge in [0.05, 0.1) is 15.9 Å². The van der Waals surface area contributed by atoms with Gasteiger partial charge in [0.1, 0.15) is 5.82 Å². The number of fused-ring (bicyclic) bond motifs is 1. The van der Waals surface area contributed by atoms with Crippen LogP contribution in [0.25, 0.3) is 11.0 Å². The van der Waals surface area contributed by atoms with Crippen molar-refractivity contribution in [1.82, 2.24) is 14.9 Å². The van der Waals surface area contributed by atoms with Crippen molar-refractivity contribution in [3.05, 3.63) is 52.5 Å². The summed E-state index contributed by atoms with van der Waals surface area (Å²) in [5, 5.41) is 4.92. The fourth-order valence-electron chi connectivity index (χ4n) is 2.90. The van der Waals surface area contributed by atoms with E-state index >= 15 is 0 Å². The maximum Gasteiger partial charge on any atom is 0.261 e. The van der Waals surface area contributed by atoms with Crippen LogP contribution in [-0.4, -0.2) is 22.0 Å². The summed E-state index contributed by atoms with van der Waals surface area (Å²) in [6, 6.07) is 12.1. The first-order valence-electron chi connectivity index (χ1n) is 8.95. The third-order valence-corrected chi connectivity index (χ3v) is 5.40. The van der Waals surface area contributed by atoms with Gasteiger partial charge in [-0.2, -0.15) is 0 Å². The highest BCUT2D eigenvalue weighted by Crippen LogP contribution is 2.19. The number of carbonyl (C=O) groups excluding carboxylic acids is 1. The lowest BCUT2D eigenvalue weighted by Crippen LogP contribution is -2.24. The number of hydrogen-bond acceptors (Lipinski definition) is 3. The second-order valence-corrected chi connectivity index (χ2v) is 7.43. The minimum Gasteiger partial charge on any atom is -0.351 e. The van der Waals surface area contributed by atoms with Gasteiger partial charge in [0.2, 0.25) is 0 Å². The van der Waals surface area contributed by atoms with Gasteiger partial charge in [-0.15, -0.1) is 11.3 Å². The zero-order valence-electron chi connectivity index (χ0n) is 14.9. The number of carbonyl (C=O) groups is 1. The molecule has 0 fully saturated rings. The second kappa shape index (κ2) is 8.30. The number of thiophene rings is 1. The molecule has 5 heteroatoms. The van der Waals surface area contributed by atoms with Crippen LogP contribution in [0.4, 0.5) is 0 Å². The lowest BCUT2D eigenvalue weighted by Gasteiger charge is -2.14. The van der Waals surface area contributed by atoms with Crippen molar-refractivity contribution in [1.29, 1.82) is 0 Å². The Kier molecular flexibility index (Phi) is 5.87. The van der Waals surface area contributed by atoms with E-state index in [1.807, 2.05) is 23.6 Å². The molecule has 2 aromatic heterocycles. The van der Waals surface area contributed by atoms with Crippen molar-refractivity contribution in [2.45, 2.75) is 39.7 Å². The van der Waals surface area contributed by atoms with Gasteiger partial charge in [-0.1, -0.05) is 38.5 Å². The first-order chi connectivity index (χ1) is 12.2. The summed E-state index contributed by atoms with van der Waals surface area (Å²) in [6.07, 6.45) is 2.92. The zero-order valence-corrected chi connectivity index (χ0v) is 15.7. The Morgan fingerprint density at radius 3 is 2.88 bits per heavy atom. The first kappa shape index (κ1) is 17.7. The zero-order chi connectivity index (χ0) is 17.6. The molecule has 3 aromatic rings. The van der Waals surface area contributed by atoms with Crippen LogP contribution >= 0.6 is 11.3 Å². The van der Waals surface area contributed by atoms with E-state index in [0.717, 1.165) is 42.0 Å². The van der Waals surface area contributed by atoms with E-state index in [1.54, 1.807) is 0 Å². The van der Waals surface area contributed by atoms with Gasteiger partial charge >= 0.3 is 0 Å². The average Bonchev–Trinajstić information content (AvgIpc) is 3.27. The maximum atomic E-state index is 12.0. The highest BCUT2D eigenvalue weighted by molar-refractivity contribution is 7.12. The first-order valence-corrected chi connectivity index (χ1v) is 9.83. The molecular formula is C20H25N3OS. The van der Waals surface area contributed by atoms with Gasteiger partial charge in [0.25, 0.3) is 5.91 Å². The molecule has 2 heterocycles. The summed E-state index contributed by atoms with van der Waals surface area (Å²) < 4.78 is 2.35. The van der Waals surface area contributed by atoms with Crippen LogP contribution in [0.15, 0.2) is 41.8 Å². The number of hydrogen-bond donors (Lipinski definition) is 1. The molecule has 132 valence electrons. The normalized spacial score (nSPS) is 12.4. The molecule has 1 unspecified atom stereocenters. The molecule has 1 aromatic carbocycles. The molecule has 3 rings (SSSR count). The SMILES string of the molecule is CCC(C)Cn1c(CCCNC(=O)c2cccs2)nc2ccccc21. The number of imidazole rings is 1. The minimum absolute atomic E-state index is 0.0168. The maximum absolute atomic E-state index is 12.0. The molecule has 4 nitrogen and oxygen atoms in total. The number of aromatic nitrogens is 2. The van der Waals surface area contributed by atoms with Crippen LogP contribution in [0.1, 0.15) is 42.2 Å². The van der Waals surface area contributed by atoms with Gasteiger partial charge in [-0.05, 0) is 35.9 Å². The van der Waals surface area contributed by atoms with Gasteiger partial charge in [-0.3, -0.25) is 4.79 Å². The molecule has 0 saturated heterocycles. The third-order valence-electron chi connectivity index (χ3n) is 4.53. The van der Waals surface area contributed by atoms with Crippen LogP contribution in [-0.2, 0) is 13.0 Å². The molecular weight excluding hydrogens is 330 g/mol. The smallest absolute Gasteiger partial charge is 0.261 e. The van der Waals surface area contributed by atoms with E-state index < -0.39 is 0 Å². The van der Waals surface area contributed by atoms with E-state index in [0.29, 0.717) is 12.5 Å². The topological polar surface area (TPSA) is 46.9 Å². The van der Waals surface area contributed by atoms with Gasteiger partial charge < -0.3 is 9.88 Å². The number of rotatable bonds is 8. The Balaban J connectivity index is 1.64. The van der Waals surface area contributed by atoms with E-state index in [4.69, 9.17) is 4.98 Å². The molecule has 0 radical (unpaired) electrons. The quantitative estimate of drug-likeness (QED) is 0.605. The van der Waals surface area contributed by atoms with Crippen molar-refractivity contribution in [2.75, 3.05) is 6.54 Å². The van der Waals surface area contributed by atoms with E-state index in [2.05, 4.69) is 41.9 Å². The van der Waals surface area contributed by atoms with Crippen LogP contribution < -0.4 is 5.32 Å². The van der Waals surface area contributed by atoms with Gasteiger partial charge in [0, 0.05) is 19.5 Å². The van der Waals surface area contributed by atoms with Gasteiger partial charge in [-0.25, -0.2) is 4.98 Å². The van der Waals surface area contributed by atoms with Crippen molar-refractivity contribution in [2.24, 2.45) is 5.92 Å². The number of amides is 1. The third kappa shape index (κ3) is 4.28. The Hall–Kier alpha value is -2.14. The Labute approximate surface area is 152 Å². The number of benzene rings is 1. The van der Waals surface area contributed by atoms with Crippen molar-refractivity contribution in [3.63, 3.8) is 0 Å². The monoisotopic (exact) mass is 355 g/mol. The highest BCUT2D eigenvalue weighted by atomic mass is 32.1. The van der Waals surface area contributed by atoms with E-state index in [1.165, 1.54) is 16.9 Å². The lowest BCUT2D eigenvalue weighted by molar-refractivity contribution is 0.0957. The van der Waals surface area contributed by atoms with Crippen molar-refractivity contribution < 1.29 is 4.79 Å². The number of aryl methyl sites for hydroxylation is 1. The van der Waals surface area contributed by atoms with E-state index in [9.17, 15) is 4.79 Å². The van der Waals surface area contributed by atoms with Crippen LogP contribution in [0.5, 0.6) is 0 Å². The number of nitrogens with one attached hydrogen (secondary N) is 1. The van der Waals surface area contributed by atoms with Crippen molar-refractivity contribution >= 4 is 28.3 Å². The summed E-state index contributed by atoms with van der Waals surface area (Å²) >= 11 is 1.47. The van der Waals surface area contributed by atoms with Crippen LogP contribution in [0.2, 0.25) is 0 Å². The van der Waals surface area contributed by atoms with Crippen LogP contribution in [0, 0.1) is 5.92 Å². The predicted octanol–water partition coefficient (Wildman–Crippen LogP) is 4.51. The molecule has 0 bridgehead atoms. The van der Waals surface area contributed by atoms with E-state index in [-0.39, 0.29) is 5.91 Å². The molecule has 0 saturated carbocycles. The minimum atomic E-state index is 0.0168. The fourth-order valence-corrected chi connectivity index (χ4v) is 3.54. The highest BCUT2D eigenvalue weighted by Gasteiger charge is 2.12. The molecule has 1 atom stereocenters. The second-order valence-electron chi connectivity index (χ2n) is 6.48. The summed E-state index contributed by atoms with van der Waals surface area (Å²) in [6.45, 7) is 6.17. The fraction of sp³-hybridized carbons (Fsp3) is 0.400. The lowest BCUT2D eigenvalue weighted by atomic mass is 10.1. The molecule has 0 aliphatic carbocycles. The number of nitrogens with zero attached hydrogens (tertiary/aromatic N) is 2. The largest absolute Gasteiger partial charge is 0.351 e. The predicted molar refractivity (Wildman–Crippen MR) is 104 cm³/mol. The summed E-state index contributed by atoms with van der Waals surface area (Å²) in [5.41, 5.74) is 2.27. The summed E-state index contributed by atoms with van der Waals surface area (Å²) in [4.78, 5) is 17.6. The standard InChI is InChI=1S/C20H25N3OS/c1-3-15(2)14-23-17-9-5-4-8-16(17)22-19(23)11-6-12-21-20(24)18-10-7-13-25-18/h4-5,7-10,13,15H,3,6,11-12,14H2,1-2H3,(H,21,24). The summed E-state index contributed by atoms with van der Waals surface area (Å²) in [5.74, 6) is 1.75. The van der Waals surface area contributed by atoms with Gasteiger partial charge in [0.15, 0.2) is 0 Å². The van der Waals surface area contributed by atoms with Crippen molar-refractivity contribution in [3.8, 4) is 0 Å². The Morgan fingerprint density at radius 1 is 1.28 bits per heavy atom. The molecule has 0 spiro atoms. The van der Waals surface area contributed by atoms with Crippen LogP contribution in [0.3, 0.4) is 0 Å². The molecule has 0 aliphatic heterocycles. The summed E-state index contributed by atoms with van der Waals surface area (Å²) in [7, 11) is 0. The molecule has 0 aliphatic rings. The number of para-hydroxylation sites is 2.